The lowest BCUT2D eigenvalue weighted by molar-refractivity contribution is -0.189. The lowest BCUT2D eigenvalue weighted by Crippen LogP contribution is -2.57. The monoisotopic (exact) mass is 237 g/mol. The molecule has 0 heterocycles. The van der Waals surface area contributed by atoms with Crippen LogP contribution >= 0.6 is 0 Å². The third-order valence-electron chi connectivity index (χ3n) is 1.80. The number of Topliss-reactive ketones (excluding diaryl/α,β-unsaturated/α-hetero) is 1. The standard InChI is InChI=1S/C7H9F6NO/c1-5(14,7(11,12)13)4(15)2-3-6(8,9)10/h2-3,14H2,1H3. The molecule has 0 rings (SSSR count). The molecule has 8 heteroatoms. The fraction of sp³-hybridized carbons (Fsp3) is 0.857. The second-order valence-electron chi connectivity index (χ2n) is 3.24. The van der Waals surface area contributed by atoms with Crippen LogP contribution in [-0.4, -0.2) is 23.7 Å². The highest BCUT2D eigenvalue weighted by molar-refractivity contribution is 5.88. The Labute approximate surface area is 81.4 Å². The molecule has 15 heavy (non-hydrogen) atoms. The van der Waals surface area contributed by atoms with Crippen LogP contribution in [0, 0.1) is 0 Å². The largest absolute Gasteiger partial charge is 0.413 e. The first kappa shape index (κ1) is 14.2. The number of alkyl halides is 6. The Morgan fingerprint density at radius 3 is 1.80 bits per heavy atom. The lowest BCUT2D eigenvalue weighted by Gasteiger charge is -2.26. The molecule has 0 aliphatic heterocycles. The molecular weight excluding hydrogens is 228 g/mol. The van der Waals surface area contributed by atoms with Crippen LogP contribution in [-0.2, 0) is 4.79 Å². The van der Waals surface area contributed by atoms with Gasteiger partial charge in [-0.05, 0) is 6.92 Å². The van der Waals surface area contributed by atoms with Gasteiger partial charge in [0.1, 0.15) is 0 Å². The molecule has 0 amide bonds. The van der Waals surface area contributed by atoms with Crippen LogP contribution in [0.4, 0.5) is 26.3 Å². The number of rotatable bonds is 3. The summed E-state index contributed by atoms with van der Waals surface area (Å²) in [4.78, 5) is 10.8. The van der Waals surface area contributed by atoms with Gasteiger partial charge in [0.05, 0.1) is 6.42 Å². The Kier molecular flexibility index (Phi) is 3.78. The second-order valence-corrected chi connectivity index (χ2v) is 3.24. The Morgan fingerprint density at radius 2 is 1.53 bits per heavy atom. The fourth-order valence-electron chi connectivity index (χ4n) is 0.673. The molecule has 0 aliphatic rings. The van der Waals surface area contributed by atoms with Crippen molar-refractivity contribution in [2.24, 2.45) is 5.73 Å². The van der Waals surface area contributed by atoms with Crippen LogP contribution in [0.25, 0.3) is 0 Å². The summed E-state index contributed by atoms with van der Waals surface area (Å²) in [5, 5.41) is 0. The molecule has 90 valence electrons. The molecule has 0 fully saturated rings. The van der Waals surface area contributed by atoms with Gasteiger partial charge in [-0.15, -0.1) is 0 Å². The molecule has 1 unspecified atom stereocenters. The second kappa shape index (κ2) is 3.99. The highest BCUT2D eigenvalue weighted by Gasteiger charge is 2.53. The summed E-state index contributed by atoms with van der Waals surface area (Å²) in [6, 6.07) is 0. The summed E-state index contributed by atoms with van der Waals surface area (Å²) in [5.41, 5.74) is 1.40. The zero-order valence-corrected chi connectivity index (χ0v) is 7.67. The summed E-state index contributed by atoms with van der Waals surface area (Å²) in [5.74, 6) is -1.67. The van der Waals surface area contributed by atoms with Crippen LogP contribution < -0.4 is 5.73 Å². The summed E-state index contributed by atoms with van der Waals surface area (Å²) in [6.07, 6.45) is -12.6. The SMILES string of the molecule is CC(N)(C(=O)CCC(F)(F)F)C(F)(F)F. The average Bonchev–Trinajstić information content (AvgIpc) is 1.96. The van der Waals surface area contributed by atoms with Crippen molar-refractivity contribution in [3.8, 4) is 0 Å². The van der Waals surface area contributed by atoms with E-state index in [4.69, 9.17) is 0 Å². The average molecular weight is 237 g/mol. The van der Waals surface area contributed by atoms with Gasteiger partial charge < -0.3 is 5.73 Å². The number of hydrogen-bond donors (Lipinski definition) is 1. The molecule has 0 radical (unpaired) electrons. The van der Waals surface area contributed by atoms with Crippen molar-refractivity contribution in [3.63, 3.8) is 0 Å². The molecule has 2 N–H and O–H groups in total. The minimum Gasteiger partial charge on any atom is -0.312 e. The van der Waals surface area contributed by atoms with E-state index in [0.717, 1.165) is 0 Å². The van der Waals surface area contributed by atoms with E-state index < -0.39 is 36.5 Å². The topological polar surface area (TPSA) is 43.1 Å². The first-order valence-corrected chi connectivity index (χ1v) is 3.83. The van der Waals surface area contributed by atoms with Crippen molar-refractivity contribution >= 4 is 5.78 Å². The predicted molar refractivity (Wildman–Crippen MR) is 38.9 cm³/mol. The summed E-state index contributed by atoms with van der Waals surface area (Å²) in [6.45, 7) is 0.353. The molecule has 0 aliphatic carbocycles. The van der Waals surface area contributed by atoms with Gasteiger partial charge in [-0.1, -0.05) is 0 Å². The van der Waals surface area contributed by atoms with Crippen LogP contribution in [0.3, 0.4) is 0 Å². The lowest BCUT2D eigenvalue weighted by atomic mass is 9.94. The van der Waals surface area contributed by atoms with Crippen LogP contribution in [0.2, 0.25) is 0 Å². The van der Waals surface area contributed by atoms with Gasteiger partial charge in [-0.25, -0.2) is 0 Å². The van der Waals surface area contributed by atoms with Crippen molar-refractivity contribution < 1.29 is 31.1 Å². The van der Waals surface area contributed by atoms with Crippen LogP contribution in [0.15, 0.2) is 0 Å². The van der Waals surface area contributed by atoms with Crippen molar-refractivity contribution in [2.75, 3.05) is 0 Å². The molecule has 1 atom stereocenters. The molecule has 0 saturated heterocycles. The molecule has 0 bridgehead atoms. The smallest absolute Gasteiger partial charge is 0.312 e. The summed E-state index contributed by atoms with van der Waals surface area (Å²) in [7, 11) is 0. The van der Waals surface area contributed by atoms with Crippen LogP contribution in [0.1, 0.15) is 19.8 Å². The maximum Gasteiger partial charge on any atom is 0.413 e. The number of ketones is 1. The molecule has 0 saturated carbocycles. The van der Waals surface area contributed by atoms with Gasteiger partial charge in [0.15, 0.2) is 11.3 Å². The molecule has 2 nitrogen and oxygen atoms in total. The van der Waals surface area contributed by atoms with E-state index in [-0.39, 0.29) is 0 Å². The number of carbonyl (C=O) groups is 1. The fourth-order valence-corrected chi connectivity index (χ4v) is 0.673. The van der Waals surface area contributed by atoms with Gasteiger partial charge in [0.2, 0.25) is 0 Å². The van der Waals surface area contributed by atoms with Crippen molar-refractivity contribution in [2.45, 2.75) is 37.7 Å². The molecule has 0 spiro atoms. The van der Waals surface area contributed by atoms with Gasteiger partial charge in [-0.3, -0.25) is 4.79 Å². The Balaban J connectivity index is 4.47. The van der Waals surface area contributed by atoms with Gasteiger partial charge in [0, 0.05) is 6.42 Å². The highest BCUT2D eigenvalue weighted by atomic mass is 19.4. The summed E-state index contributed by atoms with van der Waals surface area (Å²) < 4.78 is 71.1. The first-order valence-electron chi connectivity index (χ1n) is 3.83. The maximum atomic E-state index is 12.1. The number of nitrogens with two attached hydrogens (primary N) is 1. The number of hydrogen-bond acceptors (Lipinski definition) is 2. The van der Waals surface area contributed by atoms with Gasteiger partial charge in [0.25, 0.3) is 0 Å². The molecule has 0 aromatic carbocycles. The predicted octanol–water partition coefficient (Wildman–Crippen LogP) is 2.18. The zero-order valence-electron chi connectivity index (χ0n) is 7.67. The van der Waals surface area contributed by atoms with E-state index >= 15 is 0 Å². The van der Waals surface area contributed by atoms with E-state index in [1.54, 1.807) is 0 Å². The summed E-state index contributed by atoms with van der Waals surface area (Å²) >= 11 is 0. The van der Waals surface area contributed by atoms with E-state index in [2.05, 4.69) is 5.73 Å². The maximum absolute atomic E-state index is 12.1. The van der Waals surface area contributed by atoms with E-state index in [9.17, 15) is 31.1 Å². The Bertz CT molecular complexity index is 241. The van der Waals surface area contributed by atoms with Crippen molar-refractivity contribution in [3.05, 3.63) is 0 Å². The third-order valence-corrected chi connectivity index (χ3v) is 1.80. The first-order chi connectivity index (χ1) is 6.38. The number of halogens is 6. The van der Waals surface area contributed by atoms with E-state index in [1.165, 1.54) is 0 Å². The van der Waals surface area contributed by atoms with Crippen LogP contribution in [0.5, 0.6) is 0 Å². The molecule has 0 aromatic heterocycles. The highest BCUT2D eigenvalue weighted by Crippen LogP contribution is 2.31. The van der Waals surface area contributed by atoms with E-state index in [1.807, 2.05) is 0 Å². The third kappa shape index (κ3) is 4.06. The quantitative estimate of drug-likeness (QED) is 0.764. The van der Waals surface area contributed by atoms with Gasteiger partial charge >= 0.3 is 12.4 Å². The van der Waals surface area contributed by atoms with E-state index in [0.29, 0.717) is 6.92 Å². The Hall–Kier alpha value is -0.790. The minimum atomic E-state index is -5.05. The zero-order chi connectivity index (χ0) is 12.5. The molecular formula is C7H9F6NO. The molecule has 0 aromatic rings. The normalized spacial score (nSPS) is 17.3. The minimum absolute atomic E-state index is 0.353. The Morgan fingerprint density at radius 1 is 1.13 bits per heavy atom. The van der Waals surface area contributed by atoms with Gasteiger partial charge in [-0.2, -0.15) is 26.3 Å². The van der Waals surface area contributed by atoms with Crippen molar-refractivity contribution in [1.82, 2.24) is 0 Å². The van der Waals surface area contributed by atoms with Crippen molar-refractivity contribution in [1.29, 1.82) is 0 Å². The number of carbonyl (C=O) groups excluding carboxylic acids is 1.